The molecule has 1 amide bonds. The molecule has 1 aliphatic rings. The zero-order chi connectivity index (χ0) is 16.9. The summed E-state index contributed by atoms with van der Waals surface area (Å²) in [6, 6.07) is 3.83. The van der Waals surface area contributed by atoms with Crippen LogP contribution in [0, 0.1) is 0 Å². The number of aliphatic imine (C=N–C) groups is 1. The van der Waals surface area contributed by atoms with E-state index in [1.165, 1.54) is 0 Å². The summed E-state index contributed by atoms with van der Waals surface area (Å²) in [6.07, 6.45) is 2.14. The lowest BCUT2D eigenvalue weighted by atomic mass is 10.2. The van der Waals surface area contributed by atoms with Gasteiger partial charge in [-0.15, -0.1) is 24.0 Å². The predicted molar refractivity (Wildman–Crippen MR) is 104 cm³/mol. The van der Waals surface area contributed by atoms with Gasteiger partial charge in [0.15, 0.2) is 5.96 Å². The van der Waals surface area contributed by atoms with Gasteiger partial charge >= 0.3 is 6.09 Å². The fourth-order valence-electron chi connectivity index (χ4n) is 2.46. The number of halogens is 1. The number of guanidine groups is 1. The Hall–Kier alpha value is -1.45. The molecule has 2 N–H and O–H groups in total. The Balaban J connectivity index is 0.00000288. The minimum Gasteiger partial charge on any atom is -0.467 e. The van der Waals surface area contributed by atoms with Crippen molar-refractivity contribution in [2.45, 2.75) is 45.4 Å². The minimum absolute atomic E-state index is 0. The summed E-state index contributed by atoms with van der Waals surface area (Å²) in [5.74, 6) is 1.66. The molecule has 8 heteroatoms. The maximum atomic E-state index is 11.8. The molecule has 24 heavy (non-hydrogen) atoms. The molecule has 1 aromatic rings. The Morgan fingerprint density at radius 2 is 2.25 bits per heavy atom. The monoisotopic (exact) mass is 450 g/mol. The number of carbonyl (C=O) groups is 1. The standard InChI is InChI=1S/C16H26N4O3.HI/c1-16(2,3)23-15(21)19-12-7-8-20(11-12)14(17-4)18-10-13-6-5-9-22-13;/h5-6,9,12H,7-8,10-11H2,1-4H3,(H,17,18)(H,19,21);1H. The Kier molecular flexibility index (Phi) is 7.85. The number of rotatable bonds is 3. The first-order valence-electron chi connectivity index (χ1n) is 7.85. The fraction of sp³-hybridized carbons (Fsp3) is 0.625. The number of ether oxygens (including phenoxy) is 1. The van der Waals surface area contributed by atoms with Crippen molar-refractivity contribution in [1.29, 1.82) is 0 Å². The summed E-state index contributed by atoms with van der Waals surface area (Å²) in [6.45, 7) is 7.69. The van der Waals surface area contributed by atoms with Crippen molar-refractivity contribution in [3.63, 3.8) is 0 Å². The summed E-state index contributed by atoms with van der Waals surface area (Å²) >= 11 is 0. The molecule has 0 aromatic carbocycles. The number of carbonyl (C=O) groups excluding carboxylic acids is 1. The smallest absolute Gasteiger partial charge is 0.407 e. The maximum Gasteiger partial charge on any atom is 0.407 e. The molecule has 0 spiro atoms. The molecule has 2 heterocycles. The number of alkyl carbamates (subject to hydrolysis) is 1. The molecule has 136 valence electrons. The second-order valence-electron chi connectivity index (χ2n) is 6.56. The van der Waals surface area contributed by atoms with Gasteiger partial charge in [-0.3, -0.25) is 4.99 Å². The van der Waals surface area contributed by atoms with E-state index in [4.69, 9.17) is 9.15 Å². The second kappa shape index (κ2) is 9.14. The van der Waals surface area contributed by atoms with Crippen LogP contribution in [0.25, 0.3) is 0 Å². The number of hydrogen-bond donors (Lipinski definition) is 2. The minimum atomic E-state index is -0.483. The first-order valence-corrected chi connectivity index (χ1v) is 7.85. The molecule has 1 atom stereocenters. The third-order valence-electron chi connectivity index (χ3n) is 3.42. The van der Waals surface area contributed by atoms with Crippen molar-refractivity contribution in [2.24, 2.45) is 4.99 Å². The molecular weight excluding hydrogens is 423 g/mol. The third-order valence-corrected chi connectivity index (χ3v) is 3.42. The normalized spacial score (nSPS) is 18.1. The summed E-state index contributed by atoms with van der Waals surface area (Å²) in [5, 5.41) is 6.17. The van der Waals surface area contributed by atoms with Crippen molar-refractivity contribution in [3.05, 3.63) is 24.2 Å². The molecule has 0 bridgehead atoms. The number of furan rings is 1. The highest BCUT2D eigenvalue weighted by Crippen LogP contribution is 2.12. The number of likely N-dealkylation sites (tertiary alicyclic amines) is 1. The van der Waals surface area contributed by atoms with Crippen LogP contribution in [0.5, 0.6) is 0 Å². The van der Waals surface area contributed by atoms with Crippen LogP contribution in [0.1, 0.15) is 33.0 Å². The number of nitrogens with one attached hydrogen (secondary N) is 2. The Morgan fingerprint density at radius 1 is 1.50 bits per heavy atom. The van der Waals surface area contributed by atoms with E-state index in [2.05, 4.69) is 20.5 Å². The van der Waals surface area contributed by atoms with Crippen molar-refractivity contribution >= 4 is 36.0 Å². The molecule has 1 fully saturated rings. The van der Waals surface area contributed by atoms with Gasteiger partial charge in [0.1, 0.15) is 11.4 Å². The van der Waals surface area contributed by atoms with Crippen LogP contribution in [0.4, 0.5) is 4.79 Å². The number of amides is 1. The molecular formula is C16H27IN4O3. The highest BCUT2D eigenvalue weighted by atomic mass is 127. The molecule has 0 saturated carbocycles. The molecule has 0 radical (unpaired) electrons. The summed E-state index contributed by atoms with van der Waals surface area (Å²) in [5.41, 5.74) is -0.483. The van der Waals surface area contributed by atoms with E-state index in [0.29, 0.717) is 13.1 Å². The Morgan fingerprint density at radius 3 is 2.83 bits per heavy atom. The zero-order valence-corrected chi connectivity index (χ0v) is 17.0. The van der Waals surface area contributed by atoms with Gasteiger partial charge < -0.3 is 24.7 Å². The van der Waals surface area contributed by atoms with E-state index < -0.39 is 5.60 Å². The van der Waals surface area contributed by atoms with Gasteiger partial charge in [0.2, 0.25) is 0 Å². The van der Waals surface area contributed by atoms with Crippen LogP contribution in [-0.4, -0.2) is 48.7 Å². The molecule has 1 aromatic heterocycles. The molecule has 0 aliphatic carbocycles. The van der Waals surface area contributed by atoms with Gasteiger partial charge in [0, 0.05) is 20.1 Å². The van der Waals surface area contributed by atoms with Crippen LogP contribution in [-0.2, 0) is 11.3 Å². The summed E-state index contributed by atoms with van der Waals surface area (Å²) in [7, 11) is 1.75. The first kappa shape index (κ1) is 20.6. The van der Waals surface area contributed by atoms with E-state index in [9.17, 15) is 4.79 Å². The maximum absolute atomic E-state index is 11.8. The van der Waals surface area contributed by atoms with Gasteiger partial charge in [0.05, 0.1) is 18.8 Å². The largest absolute Gasteiger partial charge is 0.467 e. The summed E-state index contributed by atoms with van der Waals surface area (Å²) < 4.78 is 10.6. The first-order chi connectivity index (χ1) is 10.9. The van der Waals surface area contributed by atoms with Gasteiger partial charge in [-0.05, 0) is 39.3 Å². The van der Waals surface area contributed by atoms with Gasteiger partial charge in [0.25, 0.3) is 0 Å². The van der Waals surface area contributed by atoms with Crippen LogP contribution < -0.4 is 10.6 Å². The number of nitrogens with zero attached hydrogens (tertiary/aromatic N) is 2. The second-order valence-corrected chi connectivity index (χ2v) is 6.56. The van der Waals surface area contributed by atoms with Crippen LogP contribution in [0.3, 0.4) is 0 Å². The van der Waals surface area contributed by atoms with Crippen molar-refractivity contribution < 1.29 is 13.9 Å². The van der Waals surface area contributed by atoms with E-state index in [1.54, 1.807) is 13.3 Å². The molecule has 7 nitrogen and oxygen atoms in total. The lowest BCUT2D eigenvalue weighted by Gasteiger charge is -2.23. The van der Waals surface area contributed by atoms with Crippen molar-refractivity contribution in [1.82, 2.24) is 15.5 Å². The average molecular weight is 450 g/mol. The van der Waals surface area contributed by atoms with Crippen molar-refractivity contribution in [3.8, 4) is 0 Å². The SMILES string of the molecule is CN=C(NCc1ccco1)N1CCC(NC(=O)OC(C)(C)C)C1.I. The van der Waals surface area contributed by atoms with E-state index in [1.807, 2.05) is 32.9 Å². The van der Waals surface area contributed by atoms with Crippen LogP contribution in [0.15, 0.2) is 27.8 Å². The van der Waals surface area contributed by atoms with Crippen molar-refractivity contribution in [2.75, 3.05) is 20.1 Å². The highest BCUT2D eigenvalue weighted by molar-refractivity contribution is 14.0. The zero-order valence-electron chi connectivity index (χ0n) is 14.7. The van der Waals surface area contributed by atoms with E-state index >= 15 is 0 Å². The summed E-state index contributed by atoms with van der Waals surface area (Å²) in [4.78, 5) is 18.2. The Labute approximate surface area is 160 Å². The number of hydrogen-bond acceptors (Lipinski definition) is 4. The van der Waals surface area contributed by atoms with Gasteiger partial charge in [-0.2, -0.15) is 0 Å². The topological polar surface area (TPSA) is 79.1 Å². The predicted octanol–water partition coefficient (Wildman–Crippen LogP) is 2.57. The Bertz CT molecular complexity index is 540. The third kappa shape index (κ3) is 6.58. The molecule has 1 unspecified atom stereocenters. The van der Waals surface area contributed by atoms with E-state index in [0.717, 1.165) is 24.7 Å². The lowest BCUT2D eigenvalue weighted by Crippen LogP contribution is -2.44. The molecule has 1 aliphatic heterocycles. The molecule has 2 rings (SSSR count). The average Bonchev–Trinajstić information content (AvgIpc) is 3.09. The fourth-order valence-corrected chi connectivity index (χ4v) is 2.46. The van der Waals surface area contributed by atoms with Gasteiger partial charge in [-0.1, -0.05) is 0 Å². The molecule has 1 saturated heterocycles. The van der Waals surface area contributed by atoms with E-state index in [-0.39, 0.29) is 36.1 Å². The van der Waals surface area contributed by atoms with Gasteiger partial charge in [-0.25, -0.2) is 4.79 Å². The van der Waals surface area contributed by atoms with Crippen LogP contribution in [0.2, 0.25) is 0 Å². The quantitative estimate of drug-likeness (QED) is 0.421. The van der Waals surface area contributed by atoms with Crippen LogP contribution >= 0.6 is 24.0 Å². The lowest BCUT2D eigenvalue weighted by molar-refractivity contribution is 0.0507. The highest BCUT2D eigenvalue weighted by Gasteiger charge is 2.27.